The van der Waals surface area contributed by atoms with Crippen molar-refractivity contribution >= 4 is 0 Å². The second-order valence-corrected chi connectivity index (χ2v) is 3.82. The van der Waals surface area contributed by atoms with Crippen LogP contribution in [0.2, 0.25) is 0 Å². The Balaban J connectivity index is 2.00. The summed E-state index contributed by atoms with van der Waals surface area (Å²) in [5.74, 6) is 0.126. The van der Waals surface area contributed by atoms with Crippen molar-refractivity contribution in [3.05, 3.63) is 48.5 Å². The van der Waals surface area contributed by atoms with E-state index in [0.29, 0.717) is 17.0 Å². The second kappa shape index (κ2) is 4.49. The van der Waals surface area contributed by atoms with E-state index in [1.54, 1.807) is 18.2 Å². The van der Waals surface area contributed by atoms with E-state index < -0.39 is 0 Å². The quantitative estimate of drug-likeness (QED) is 0.764. The van der Waals surface area contributed by atoms with Gasteiger partial charge in [0, 0.05) is 11.8 Å². The Morgan fingerprint density at radius 3 is 2.63 bits per heavy atom. The Morgan fingerprint density at radius 2 is 1.89 bits per heavy atom. The molecule has 2 aromatic heterocycles. The molecule has 0 unspecified atom stereocenters. The summed E-state index contributed by atoms with van der Waals surface area (Å²) in [7, 11) is 0. The van der Waals surface area contributed by atoms with Crippen LogP contribution in [0.1, 0.15) is 0 Å². The third-order valence-electron chi connectivity index (χ3n) is 2.56. The maximum atomic E-state index is 12.8. The minimum atomic E-state index is -0.334. The van der Waals surface area contributed by atoms with Crippen LogP contribution in [0, 0.1) is 5.82 Å². The lowest BCUT2D eigenvalue weighted by Crippen LogP contribution is -1.83. The summed E-state index contributed by atoms with van der Waals surface area (Å²) in [6, 6.07) is 7.30. The largest absolute Gasteiger partial charge is 0.505 e. The van der Waals surface area contributed by atoms with E-state index in [1.165, 1.54) is 24.5 Å². The summed E-state index contributed by atoms with van der Waals surface area (Å²) in [6.07, 6.45) is 2.80. The maximum absolute atomic E-state index is 12.8. The van der Waals surface area contributed by atoms with E-state index >= 15 is 0 Å². The topological polar surface area (TPSA) is 72.0 Å². The monoisotopic (exact) mass is 257 g/mol. The zero-order valence-electron chi connectivity index (χ0n) is 9.62. The van der Waals surface area contributed by atoms with E-state index in [2.05, 4.69) is 15.1 Å². The average molecular weight is 257 g/mol. The Bertz CT molecular complexity index is 710. The Hall–Kier alpha value is -2.76. The highest BCUT2D eigenvalue weighted by atomic mass is 19.1. The van der Waals surface area contributed by atoms with Crippen LogP contribution in [-0.2, 0) is 0 Å². The predicted molar refractivity (Wildman–Crippen MR) is 64.6 cm³/mol. The molecule has 5 nitrogen and oxygen atoms in total. The van der Waals surface area contributed by atoms with E-state index in [4.69, 9.17) is 4.52 Å². The summed E-state index contributed by atoms with van der Waals surface area (Å²) in [6.45, 7) is 0. The lowest BCUT2D eigenvalue weighted by molar-refractivity contribution is 0.425. The van der Waals surface area contributed by atoms with Gasteiger partial charge in [-0.2, -0.15) is 4.98 Å². The number of aromatic nitrogens is 3. The highest BCUT2D eigenvalue weighted by molar-refractivity contribution is 5.63. The molecule has 2 heterocycles. The first-order chi connectivity index (χ1) is 9.24. The number of hydrogen-bond donors (Lipinski definition) is 1. The second-order valence-electron chi connectivity index (χ2n) is 3.82. The lowest BCUT2D eigenvalue weighted by atomic mass is 10.2. The van der Waals surface area contributed by atoms with Crippen LogP contribution in [0.15, 0.2) is 47.2 Å². The van der Waals surface area contributed by atoms with Gasteiger partial charge in [0.15, 0.2) is 0 Å². The van der Waals surface area contributed by atoms with Gasteiger partial charge in [-0.15, -0.1) is 0 Å². The fourth-order valence-corrected chi connectivity index (χ4v) is 1.62. The number of pyridine rings is 1. The van der Waals surface area contributed by atoms with Gasteiger partial charge in [0.1, 0.15) is 11.6 Å². The van der Waals surface area contributed by atoms with E-state index in [1.807, 2.05) is 0 Å². The Labute approximate surface area is 107 Å². The number of benzene rings is 1. The van der Waals surface area contributed by atoms with Gasteiger partial charge >= 0.3 is 0 Å². The molecule has 0 atom stereocenters. The minimum Gasteiger partial charge on any atom is -0.505 e. The molecule has 1 N–H and O–H groups in total. The van der Waals surface area contributed by atoms with Crippen molar-refractivity contribution in [1.82, 2.24) is 15.1 Å². The van der Waals surface area contributed by atoms with Crippen molar-refractivity contribution in [1.29, 1.82) is 0 Å². The van der Waals surface area contributed by atoms with E-state index in [-0.39, 0.29) is 17.5 Å². The summed E-state index contributed by atoms with van der Waals surface area (Å²) in [5, 5.41) is 13.4. The van der Waals surface area contributed by atoms with Crippen LogP contribution in [0.4, 0.5) is 4.39 Å². The lowest BCUT2D eigenvalue weighted by Gasteiger charge is -1.96. The fourth-order valence-electron chi connectivity index (χ4n) is 1.62. The predicted octanol–water partition coefficient (Wildman–Crippen LogP) is 2.64. The van der Waals surface area contributed by atoms with Crippen molar-refractivity contribution < 1.29 is 14.0 Å². The Morgan fingerprint density at radius 1 is 1.11 bits per heavy atom. The molecule has 0 spiro atoms. The molecule has 1 aromatic carbocycles. The van der Waals surface area contributed by atoms with Gasteiger partial charge in [0.25, 0.3) is 5.89 Å². The molecule has 0 aliphatic rings. The molecule has 0 aliphatic carbocycles. The number of nitrogens with zero attached hydrogens (tertiary/aromatic N) is 3. The molecule has 0 saturated heterocycles. The van der Waals surface area contributed by atoms with Crippen molar-refractivity contribution in [2.24, 2.45) is 0 Å². The van der Waals surface area contributed by atoms with Crippen LogP contribution >= 0.6 is 0 Å². The number of hydrogen-bond acceptors (Lipinski definition) is 5. The molecule has 19 heavy (non-hydrogen) atoms. The minimum absolute atomic E-state index is 0.0446. The van der Waals surface area contributed by atoms with Crippen molar-refractivity contribution in [3.8, 4) is 28.6 Å². The van der Waals surface area contributed by atoms with Gasteiger partial charge in [-0.25, -0.2) is 4.39 Å². The molecule has 3 aromatic rings. The van der Waals surface area contributed by atoms with E-state index in [9.17, 15) is 9.50 Å². The van der Waals surface area contributed by atoms with E-state index in [0.717, 1.165) is 0 Å². The molecule has 0 radical (unpaired) electrons. The molecular weight excluding hydrogens is 249 g/mol. The zero-order chi connectivity index (χ0) is 13.2. The molecule has 0 bridgehead atoms. The summed E-state index contributed by atoms with van der Waals surface area (Å²) < 4.78 is 17.9. The van der Waals surface area contributed by atoms with Gasteiger partial charge in [-0.1, -0.05) is 5.16 Å². The van der Waals surface area contributed by atoms with Crippen molar-refractivity contribution in [2.45, 2.75) is 0 Å². The molecule has 0 amide bonds. The van der Waals surface area contributed by atoms with Crippen LogP contribution in [0.25, 0.3) is 22.8 Å². The summed E-state index contributed by atoms with van der Waals surface area (Å²) in [4.78, 5) is 7.92. The Kier molecular flexibility index (Phi) is 2.68. The van der Waals surface area contributed by atoms with Gasteiger partial charge in [-0.05, 0) is 30.3 Å². The molecule has 0 fully saturated rings. The zero-order valence-corrected chi connectivity index (χ0v) is 9.62. The molecule has 0 aliphatic heterocycles. The normalized spacial score (nSPS) is 10.6. The van der Waals surface area contributed by atoms with Gasteiger partial charge < -0.3 is 9.63 Å². The highest BCUT2D eigenvalue weighted by Crippen LogP contribution is 2.28. The van der Waals surface area contributed by atoms with Gasteiger partial charge in [0.2, 0.25) is 5.82 Å². The SMILES string of the molecule is Oc1cnccc1-c1nc(-c2ccc(F)cc2)no1. The van der Waals surface area contributed by atoms with Crippen LogP contribution in [0.3, 0.4) is 0 Å². The van der Waals surface area contributed by atoms with Crippen LogP contribution < -0.4 is 0 Å². The number of aromatic hydroxyl groups is 1. The third kappa shape index (κ3) is 2.15. The molecule has 94 valence electrons. The van der Waals surface area contributed by atoms with Gasteiger partial charge in [-0.3, -0.25) is 4.98 Å². The summed E-state index contributed by atoms with van der Waals surface area (Å²) in [5.41, 5.74) is 1.03. The smallest absolute Gasteiger partial charge is 0.262 e. The standard InChI is InChI=1S/C13H8FN3O2/c14-9-3-1-8(2-4-9)12-16-13(19-17-12)10-5-6-15-7-11(10)18/h1-7,18H. The van der Waals surface area contributed by atoms with Crippen molar-refractivity contribution in [2.75, 3.05) is 0 Å². The van der Waals surface area contributed by atoms with Crippen molar-refractivity contribution in [3.63, 3.8) is 0 Å². The maximum Gasteiger partial charge on any atom is 0.262 e. The molecule has 3 rings (SSSR count). The molecule has 6 heteroatoms. The molecular formula is C13H8FN3O2. The first kappa shape index (κ1) is 11.3. The average Bonchev–Trinajstić information content (AvgIpc) is 2.89. The van der Waals surface area contributed by atoms with Crippen LogP contribution in [0.5, 0.6) is 5.75 Å². The van der Waals surface area contributed by atoms with Gasteiger partial charge in [0.05, 0.1) is 11.8 Å². The highest BCUT2D eigenvalue weighted by Gasteiger charge is 2.13. The fraction of sp³-hybridized carbons (Fsp3) is 0. The summed E-state index contributed by atoms with van der Waals surface area (Å²) >= 11 is 0. The van der Waals surface area contributed by atoms with Crippen LogP contribution in [-0.4, -0.2) is 20.2 Å². The molecule has 0 saturated carbocycles. The first-order valence-corrected chi connectivity index (χ1v) is 5.47. The first-order valence-electron chi connectivity index (χ1n) is 5.47. The third-order valence-corrected chi connectivity index (χ3v) is 2.56. The number of halogens is 1. The number of rotatable bonds is 2.